The molecule has 0 spiro atoms. The Morgan fingerprint density at radius 3 is 2.16 bits per heavy atom. The molecule has 9 rings (SSSR count). The van der Waals surface area contributed by atoms with E-state index in [1.165, 1.54) is 6.20 Å². The van der Waals surface area contributed by atoms with Crippen molar-refractivity contribution in [3.8, 4) is 33.8 Å². The molecule has 0 unspecified atom stereocenters. The first-order chi connectivity index (χ1) is 28.8. The number of halogens is 1. The number of hydrogen-bond acceptors (Lipinski definition) is 5. The normalized spacial score (nSPS) is 13.9. The van der Waals surface area contributed by atoms with E-state index in [0.29, 0.717) is 34.0 Å². The number of pyridine rings is 3. The summed E-state index contributed by atoms with van der Waals surface area (Å²) in [5, 5.41) is 4.57. The summed E-state index contributed by atoms with van der Waals surface area (Å²) in [4.78, 5) is 13.5. The van der Waals surface area contributed by atoms with Crippen LogP contribution in [0.1, 0.15) is 35.9 Å². The first-order valence-corrected chi connectivity index (χ1v) is 21.0. The van der Waals surface area contributed by atoms with E-state index in [1.54, 1.807) is 30.3 Å². The van der Waals surface area contributed by atoms with E-state index in [1.807, 2.05) is 69.4 Å². The molecule has 5 aromatic heterocycles. The Morgan fingerprint density at radius 1 is 0.764 bits per heavy atom. The van der Waals surface area contributed by atoms with Crippen LogP contribution in [0.4, 0.5) is 4.39 Å². The van der Waals surface area contributed by atoms with Crippen LogP contribution in [0.3, 0.4) is 0 Å². The number of aromatic nitrogens is 3. The van der Waals surface area contributed by atoms with E-state index in [9.17, 15) is 4.39 Å². The van der Waals surface area contributed by atoms with Gasteiger partial charge in [0.05, 0.1) is 31.8 Å². The van der Waals surface area contributed by atoms with Crippen molar-refractivity contribution in [3.05, 3.63) is 145 Å². The third kappa shape index (κ3) is 7.81. The van der Waals surface area contributed by atoms with Crippen LogP contribution in [0.2, 0.25) is 19.6 Å². The van der Waals surface area contributed by atoms with Gasteiger partial charge in [0, 0.05) is 51.6 Å². The Kier molecular flexibility index (Phi) is 8.24. The molecule has 5 heterocycles. The first kappa shape index (κ1) is 30.0. The van der Waals surface area contributed by atoms with Crippen molar-refractivity contribution in [2.45, 2.75) is 46.8 Å². The molecule has 0 saturated carbocycles. The van der Waals surface area contributed by atoms with Gasteiger partial charge in [0.15, 0.2) is 0 Å². The van der Waals surface area contributed by atoms with Gasteiger partial charge in [-0.25, -0.2) is 9.37 Å². The second-order valence-corrected chi connectivity index (χ2v) is 20.0. The maximum Gasteiger partial charge on any atom is 0.216 e. The number of nitrogens with zero attached hydrogens (tertiary/aromatic N) is 3. The molecular formula is C47H40FIrN3O2Si-2. The molecule has 0 atom stereocenters. The fourth-order valence-corrected chi connectivity index (χ4v) is 7.81. The second-order valence-electron chi connectivity index (χ2n) is 15.0. The summed E-state index contributed by atoms with van der Waals surface area (Å²) in [7, 11) is -1.81. The summed E-state index contributed by atoms with van der Waals surface area (Å²) >= 11 is 0. The zero-order valence-electron chi connectivity index (χ0n) is 38.0. The topological polar surface area (TPSA) is 65.0 Å². The Hall–Kier alpha value is -5.27. The van der Waals surface area contributed by atoms with Gasteiger partial charge in [0.2, 0.25) is 5.71 Å². The number of benzene rings is 4. The molecular weight excluding hydrogens is 878 g/mol. The fraction of sp³-hybridized carbons (Fsp3) is 0.170. The van der Waals surface area contributed by atoms with Gasteiger partial charge in [0.1, 0.15) is 11.4 Å². The molecule has 55 heavy (non-hydrogen) atoms. The fourth-order valence-electron chi connectivity index (χ4n) is 6.42. The molecule has 277 valence electrons. The maximum atomic E-state index is 13.9. The average molecular weight is 925 g/mol. The summed E-state index contributed by atoms with van der Waals surface area (Å²) in [6, 6.07) is 27.9. The Bertz CT molecular complexity index is 3170. The van der Waals surface area contributed by atoms with Crippen LogP contribution in [-0.4, -0.2) is 23.0 Å². The van der Waals surface area contributed by atoms with E-state index in [4.69, 9.17) is 23.4 Å². The van der Waals surface area contributed by atoms with E-state index in [0.717, 1.165) is 43.6 Å². The molecule has 0 aliphatic rings. The largest absolute Gasteiger partial charge is 0.501 e. The maximum absolute atomic E-state index is 13.9. The Balaban J connectivity index is 0.000000184. The van der Waals surface area contributed by atoms with Gasteiger partial charge >= 0.3 is 0 Å². The van der Waals surface area contributed by atoms with Gasteiger partial charge in [-0.1, -0.05) is 104 Å². The molecule has 0 saturated heterocycles. The number of fused-ring (bicyclic) bond motifs is 6. The third-order valence-corrected chi connectivity index (χ3v) is 10.8. The molecule has 9 aromatic rings. The van der Waals surface area contributed by atoms with Gasteiger partial charge < -0.3 is 18.8 Å². The third-order valence-electron chi connectivity index (χ3n) is 8.83. The Labute approximate surface area is 344 Å². The minimum absolute atomic E-state index is 0. The van der Waals surface area contributed by atoms with Gasteiger partial charge in [-0.3, -0.25) is 0 Å². The van der Waals surface area contributed by atoms with E-state index in [2.05, 4.69) is 47.8 Å². The Morgan fingerprint density at radius 2 is 1.45 bits per heavy atom. The monoisotopic (exact) mass is 925 g/mol. The van der Waals surface area contributed by atoms with Crippen molar-refractivity contribution in [3.63, 3.8) is 0 Å². The summed E-state index contributed by atoms with van der Waals surface area (Å²) in [5.74, 6) is -1.20. The van der Waals surface area contributed by atoms with E-state index < -0.39 is 49.8 Å². The van der Waals surface area contributed by atoms with Crippen molar-refractivity contribution in [2.24, 2.45) is 5.41 Å². The SMILES string of the molecule is [2H]C([2H])(c1cc(-c2[c-]ccc3c2oc2ccccc23)ncc1[Si](C)(C)C)C(C)(C)C.[2H]c1ccnc(-c2[c-]ccc3c2oc2nc(-c4c([2H])c([2H])c(F)c([2H])c4[2H])ccc23)c1.[Ir]. The zero-order valence-corrected chi connectivity index (χ0v) is 34.4. The number of hydrogen-bond donors (Lipinski definition) is 0. The molecule has 5 nitrogen and oxygen atoms in total. The van der Waals surface area contributed by atoms with Gasteiger partial charge in [-0.05, 0) is 76.8 Å². The van der Waals surface area contributed by atoms with Crippen molar-refractivity contribution in [2.75, 3.05) is 0 Å². The smallest absolute Gasteiger partial charge is 0.216 e. The first-order valence-electron chi connectivity index (χ1n) is 21.0. The summed E-state index contributed by atoms with van der Waals surface area (Å²) in [6.07, 6.45) is 1.91. The average Bonchev–Trinajstić information content (AvgIpc) is 3.80. The zero-order chi connectivity index (χ0) is 43.8. The van der Waals surface area contributed by atoms with Gasteiger partial charge in [-0.15, -0.1) is 36.4 Å². The van der Waals surface area contributed by atoms with E-state index >= 15 is 0 Å². The molecule has 0 amide bonds. The van der Waals surface area contributed by atoms with Crippen LogP contribution in [0.25, 0.3) is 77.8 Å². The molecule has 0 bridgehead atoms. The molecule has 0 aliphatic carbocycles. The predicted molar refractivity (Wildman–Crippen MR) is 221 cm³/mol. The molecule has 0 aliphatic heterocycles. The van der Waals surface area contributed by atoms with Crippen LogP contribution in [-0.2, 0) is 26.5 Å². The second kappa shape index (κ2) is 15.1. The van der Waals surface area contributed by atoms with Crippen molar-refractivity contribution in [1.82, 2.24) is 15.0 Å². The molecule has 0 fully saturated rings. The van der Waals surface area contributed by atoms with E-state index in [-0.39, 0.29) is 37.1 Å². The number of furan rings is 2. The minimum atomic E-state index is -1.81. The minimum Gasteiger partial charge on any atom is -0.501 e. The number of para-hydroxylation sites is 1. The van der Waals surface area contributed by atoms with Crippen LogP contribution in [0, 0.1) is 23.4 Å². The standard InChI is InChI=1S/C25H28NOSi.C22H12FN2O.Ir/c1-25(2,3)15-17-14-21(26-16-23(17)28(4,5)6)20-12-9-11-19-18-10-7-8-13-22(18)27-24(19)20;23-15-9-7-14(8-10-15)19-12-11-17-16-4-3-5-18(20-6-1-2-13-24-20)21(16)26-22(17)25-19;/h7-11,13-14,16H,15H2,1-6H3;1-4,6-13H;/q2*-1;/i15D2;1D,7D,8D,9D,10D;. The van der Waals surface area contributed by atoms with Gasteiger partial charge in [-0.2, -0.15) is 0 Å². The molecule has 1 radical (unpaired) electrons. The molecule has 4 aromatic carbocycles. The summed E-state index contributed by atoms with van der Waals surface area (Å²) < 4.78 is 83.4. The molecule has 8 heteroatoms. The van der Waals surface area contributed by atoms with Crippen LogP contribution >= 0.6 is 0 Å². The van der Waals surface area contributed by atoms with Crippen molar-refractivity contribution < 1.29 is 42.9 Å². The summed E-state index contributed by atoms with van der Waals surface area (Å²) in [6.45, 7) is 12.6. The van der Waals surface area contributed by atoms with Gasteiger partial charge in [0.25, 0.3) is 0 Å². The van der Waals surface area contributed by atoms with Crippen LogP contribution in [0.5, 0.6) is 0 Å². The number of rotatable bonds is 5. The van der Waals surface area contributed by atoms with Crippen LogP contribution < -0.4 is 5.19 Å². The summed E-state index contributed by atoms with van der Waals surface area (Å²) in [5.41, 5.74) is 5.06. The predicted octanol–water partition coefficient (Wildman–Crippen LogP) is 12.2. The van der Waals surface area contributed by atoms with Crippen molar-refractivity contribution >= 4 is 57.3 Å². The van der Waals surface area contributed by atoms with Crippen LogP contribution in [0.15, 0.2) is 130 Å². The van der Waals surface area contributed by atoms with Crippen molar-refractivity contribution in [1.29, 1.82) is 0 Å². The quantitative estimate of drug-likeness (QED) is 0.127. The molecule has 0 N–H and O–H groups in total.